The monoisotopic (exact) mass is 590 g/mol. The van der Waals surface area contributed by atoms with Gasteiger partial charge in [-0.05, 0) is 48.5 Å². The van der Waals surface area contributed by atoms with Crippen molar-refractivity contribution in [2.45, 2.75) is 0 Å². The molecule has 0 aliphatic heterocycles. The molecule has 6 heteroatoms. The van der Waals surface area contributed by atoms with Crippen LogP contribution >= 0.6 is 0 Å². The van der Waals surface area contributed by atoms with Crippen molar-refractivity contribution in [3.63, 3.8) is 0 Å². The zero-order valence-electron chi connectivity index (χ0n) is 24.3. The molecule has 0 saturated heterocycles. The summed E-state index contributed by atoms with van der Waals surface area (Å²) >= 11 is 0. The lowest BCUT2D eigenvalue weighted by molar-refractivity contribution is 0.661. The highest BCUT2D eigenvalue weighted by atomic mass is 16.3. The molecule has 0 radical (unpaired) electrons. The van der Waals surface area contributed by atoms with Crippen molar-refractivity contribution in [1.82, 2.24) is 19.1 Å². The van der Waals surface area contributed by atoms with Gasteiger partial charge in [-0.15, -0.1) is 0 Å². The quantitative estimate of drug-likeness (QED) is 0.201. The molecule has 46 heavy (non-hydrogen) atoms. The van der Waals surface area contributed by atoms with E-state index in [-0.39, 0.29) is 0 Å². The van der Waals surface area contributed by atoms with E-state index in [4.69, 9.17) is 8.83 Å². The Bertz CT molecular complexity index is 2730. The molecule has 0 atom stereocenters. The van der Waals surface area contributed by atoms with Crippen molar-refractivity contribution in [3.05, 3.63) is 134 Å². The lowest BCUT2D eigenvalue weighted by Gasteiger charge is -2.08. The Morgan fingerprint density at radius 3 is 1.33 bits per heavy atom. The number of benzene rings is 5. The molecule has 0 saturated carbocycles. The summed E-state index contributed by atoms with van der Waals surface area (Å²) in [4.78, 5) is 8.84. The predicted octanol–water partition coefficient (Wildman–Crippen LogP) is 10.5. The normalized spacial score (nSPS) is 12.3. The third kappa shape index (κ3) is 3.00. The summed E-state index contributed by atoms with van der Waals surface area (Å²) in [6, 6.07) is 38.1. The van der Waals surface area contributed by atoms with Crippen LogP contribution in [0.2, 0.25) is 0 Å². The van der Waals surface area contributed by atoms with E-state index in [1.807, 2.05) is 24.8 Å². The predicted molar refractivity (Wildman–Crippen MR) is 185 cm³/mol. The molecule has 0 fully saturated rings. The van der Waals surface area contributed by atoms with E-state index in [0.717, 1.165) is 98.9 Å². The molecule has 6 nitrogen and oxygen atoms in total. The van der Waals surface area contributed by atoms with Crippen LogP contribution in [0.5, 0.6) is 0 Å². The lowest BCUT2D eigenvalue weighted by Crippen LogP contribution is -1.94. The van der Waals surface area contributed by atoms with Gasteiger partial charge in [0.1, 0.15) is 11.2 Å². The van der Waals surface area contributed by atoms with E-state index < -0.39 is 0 Å². The standard InChI is InChI=1S/C40H22N4O2/c1-3-11-31-23(7-1)29-21-41-17-15-33(29)43(31)35-13-5-9-25-27-19-38-28(20-37(27)45-39(25)35)26-10-6-14-36(40(26)46-38)44-32-12-4-2-8-24(32)30-22-42-18-16-34(30)44/h1-22H. The van der Waals surface area contributed by atoms with Crippen molar-refractivity contribution in [3.8, 4) is 11.4 Å². The van der Waals surface area contributed by atoms with Crippen LogP contribution in [-0.4, -0.2) is 19.1 Å². The van der Waals surface area contributed by atoms with Gasteiger partial charge in [-0.25, -0.2) is 0 Å². The van der Waals surface area contributed by atoms with E-state index in [9.17, 15) is 0 Å². The van der Waals surface area contributed by atoms with Crippen LogP contribution in [0.3, 0.4) is 0 Å². The maximum absolute atomic E-state index is 6.76. The van der Waals surface area contributed by atoms with Gasteiger partial charge in [-0.3, -0.25) is 9.97 Å². The number of hydrogen-bond donors (Lipinski definition) is 0. The SMILES string of the molecule is c1cc(-n2c3ccccc3c3cnccc32)c2oc3cc4c(cc3c2c1)oc1c(-n2c3ccccc3c3cnccc32)cccc14. The highest BCUT2D eigenvalue weighted by Gasteiger charge is 2.21. The van der Waals surface area contributed by atoms with Gasteiger partial charge in [0.05, 0.1) is 33.4 Å². The number of nitrogens with zero attached hydrogens (tertiary/aromatic N) is 4. The minimum absolute atomic E-state index is 0.827. The zero-order chi connectivity index (χ0) is 29.9. The van der Waals surface area contributed by atoms with Crippen LogP contribution in [0.25, 0.3) is 98.9 Å². The third-order valence-electron chi connectivity index (χ3n) is 9.50. The van der Waals surface area contributed by atoms with E-state index in [1.165, 1.54) is 0 Å². The third-order valence-corrected chi connectivity index (χ3v) is 9.50. The molecule has 214 valence electrons. The topological polar surface area (TPSA) is 61.9 Å². The summed E-state index contributed by atoms with van der Waals surface area (Å²) in [6.07, 6.45) is 7.58. The molecule has 11 aromatic rings. The van der Waals surface area contributed by atoms with Crippen LogP contribution < -0.4 is 0 Å². The number of pyridine rings is 2. The fraction of sp³-hybridized carbons (Fsp3) is 0. The molecule has 0 bridgehead atoms. The Morgan fingerprint density at radius 2 is 0.826 bits per heavy atom. The fourth-order valence-electron chi connectivity index (χ4n) is 7.56. The van der Waals surface area contributed by atoms with Gasteiger partial charge in [0.2, 0.25) is 0 Å². The number of aromatic nitrogens is 4. The summed E-state index contributed by atoms with van der Waals surface area (Å²) in [5, 5.41) is 8.70. The van der Waals surface area contributed by atoms with E-state index in [2.05, 4.69) is 128 Å². The molecule has 0 unspecified atom stereocenters. The first kappa shape index (κ1) is 24.0. The van der Waals surface area contributed by atoms with Crippen LogP contribution in [0.15, 0.2) is 143 Å². The van der Waals surface area contributed by atoms with Crippen LogP contribution in [-0.2, 0) is 0 Å². The second-order valence-corrected chi connectivity index (χ2v) is 11.8. The maximum Gasteiger partial charge on any atom is 0.159 e. The second-order valence-electron chi connectivity index (χ2n) is 11.8. The highest BCUT2D eigenvalue weighted by molar-refractivity contribution is 6.18. The molecule has 0 spiro atoms. The Morgan fingerprint density at radius 1 is 0.391 bits per heavy atom. The zero-order valence-corrected chi connectivity index (χ0v) is 24.3. The first-order valence-corrected chi connectivity index (χ1v) is 15.3. The Labute approximate surface area is 260 Å². The van der Waals surface area contributed by atoms with Gasteiger partial charge in [0, 0.05) is 67.9 Å². The molecule has 11 rings (SSSR count). The first-order valence-electron chi connectivity index (χ1n) is 15.3. The molecular weight excluding hydrogens is 568 g/mol. The number of rotatable bonds is 2. The molecule has 0 aliphatic rings. The molecule has 5 aromatic carbocycles. The van der Waals surface area contributed by atoms with Crippen molar-refractivity contribution in [1.29, 1.82) is 0 Å². The molecule has 6 heterocycles. The Hall–Kier alpha value is -6.40. The van der Waals surface area contributed by atoms with Crippen molar-refractivity contribution >= 4 is 87.5 Å². The minimum atomic E-state index is 0.827. The minimum Gasteiger partial charge on any atom is -0.454 e. The summed E-state index contributed by atoms with van der Waals surface area (Å²) in [5.41, 5.74) is 9.75. The average molecular weight is 591 g/mol. The molecule has 0 aliphatic carbocycles. The molecular formula is C40H22N4O2. The van der Waals surface area contributed by atoms with E-state index >= 15 is 0 Å². The van der Waals surface area contributed by atoms with Gasteiger partial charge >= 0.3 is 0 Å². The largest absolute Gasteiger partial charge is 0.454 e. The maximum atomic E-state index is 6.76. The van der Waals surface area contributed by atoms with Crippen molar-refractivity contribution in [2.24, 2.45) is 0 Å². The molecule has 0 N–H and O–H groups in total. The van der Waals surface area contributed by atoms with Gasteiger partial charge in [0.25, 0.3) is 0 Å². The average Bonchev–Trinajstić information content (AvgIpc) is 3.85. The van der Waals surface area contributed by atoms with Gasteiger partial charge in [-0.2, -0.15) is 0 Å². The molecule has 0 amide bonds. The molecule has 6 aromatic heterocycles. The van der Waals surface area contributed by atoms with Crippen LogP contribution in [0.4, 0.5) is 0 Å². The summed E-state index contributed by atoms with van der Waals surface area (Å²) in [7, 11) is 0. The summed E-state index contributed by atoms with van der Waals surface area (Å²) in [6.45, 7) is 0. The summed E-state index contributed by atoms with van der Waals surface area (Å²) < 4.78 is 18.1. The fourth-order valence-corrected chi connectivity index (χ4v) is 7.56. The van der Waals surface area contributed by atoms with E-state index in [0.29, 0.717) is 0 Å². The summed E-state index contributed by atoms with van der Waals surface area (Å²) in [5.74, 6) is 0. The smallest absolute Gasteiger partial charge is 0.159 e. The van der Waals surface area contributed by atoms with Crippen molar-refractivity contribution in [2.75, 3.05) is 0 Å². The number of para-hydroxylation sites is 4. The van der Waals surface area contributed by atoms with Gasteiger partial charge in [-0.1, -0.05) is 60.7 Å². The Balaban J connectivity index is 1.18. The lowest BCUT2D eigenvalue weighted by atomic mass is 10.1. The van der Waals surface area contributed by atoms with Crippen LogP contribution in [0.1, 0.15) is 0 Å². The number of furan rings is 2. The van der Waals surface area contributed by atoms with Crippen molar-refractivity contribution < 1.29 is 8.83 Å². The second kappa shape index (κ2) is 8.61. The van der Waals surface area contributed by atoms with Gasteiger partial charge < -0.3 is 18.0 Å². The highest BCUT2D eigenvalue weighted by Crippen LogP contribution is 2.42. The van der Waals surface area contributed by atoms with Crippen LogP contribution in [0, 0.1) is 0 Å². The first-order chi connectivity index (χ1) is 22.8. The Kier molecular flexibility index (Phi) is 4.49. The number of hydrogen-bond acceptors (Lipinski definition) is 4. The van der Waals surface area contributed by atoms with Gasteiger partial charge in [0.15, 0.2) is 11.2 Å². The number of fused-ring (bicyclic) bond motifs is 12. The van der Waals surface area contributed by atoms with E-state index in [1.54, 1.807) is 0 Å².